The molecule has 0 aromatic heterocycles. The fourth-order valence-electron chi connectivity index (χ4n) is 2.08. The highest BCUT2D eigenvalue weighted by Gasteiger charge is 2.20. The van der Waals surface area contributed by atoms with Crippen molar-refractivity contribution in [3.8, 4) is 0 Å². The SMILES string of the molecule is COCCNC(=O)c1ccc(Cl)cc1NC(=O)c1c(F)cccc1F. The van der Waals surface area contributed by atoms with E-state index in [1.54, 1.807) is 0 Å². The molecule has 2 rings (SSSR count). The van der Waals surface area contributed by atoms with Gasteiger partial charge in [0.15, 0.2) is 0 Å². The Labute approximate surface area is 147 Å². The van der Waals surface area contributed by atoms with E-state index in [0.29, 0.717) is 6.61 Å². The molecule has 0 aliphatic carbocycles. The first kappa shape index (κ1) is 18.8. The van der Waals surface area contributed by atoms with Crippen molar-refractivity contribution in [2.45, 2.75) is 0 Å². The molecule has 0 spiro atoms. The summed E-state index contributed by atoms with van der Waals surface area (Å²) in [6.07, 6.45) is 0. The van der Waals surface area contributed by atoms with Crippen LogP contribution < -0.4 is 10.6 Å². The van der Waals surface area contributed by atoms with Gasteiger partial charge in [-0.3, -0.25) is 9.59 Å². The zero-order chi connectivity index (χ0) is 18.4. The van der Waals surface area contributed by atoms with Crippen LogP contribution in [0, 0.1) is 11.6 Å². The number of benzene rings is 2. The number of hydrogen-bond acceptors (Lipinski definition) is 3. The van der Waals surface area contributed by atoms with Crippen LogP contribution in [0.5, 0.6) is 0 Å². The van der Waals surface area contributed by atoms with Crippen LogP contribution in [0.15, 0.2) is 36.4 Å². The van der Waals surface area contributed by atoms with Crippen LogP contribution in [0.4, 0.5) is 14.5 Å². The molecule has 8 heteroatoms. The second kappa shape index (κ2) is 8.55. The van der Waals surface area contributed by atoms with Gasteiger partial charge in [-0.2, -0.15) is 0 Å². The van der Waals surface area contributed by atoms with Gasteiger partial charge < -0.3 is 15.4 Å². The van der Waals surface area contributed by atoms with Crippen molar-refractivity contribution >= 4 is 29.1 Å². The lowest BCUT2D eigenvalue weighted by Gasteiger charge is -2.12. The normalized spacial score (nSPS) is 10.4. The lowest BCUT2D eigenvalue weighted by molar-refractivity contribution is 0.0938. The number of halogens is 3. The number of hydrogen-bond donors (Lipinski definition) is 2. The number of ether oxygens (including phenoxy) is 1. The molecule has 0 bridgehead atoms. The molecule has 0 aliphatic heterocycles. The lowest BCUT2D eigenvalue weighted by Crippen LogP contribution is -2.28. The third-order valence-electron chi connectivity index (χ3n) is 3.26. The maximum absolute atomic E-state index is 13.7. The molecule has 5 nitrogen and oxygen atoms in total. The van der Waals surface area contributed by atoms with Crippen molar-refractivity contribution in [1.82, 2.24) is 5.32 Å². The van der Waals surface area contributed by atoms with E-state index in [9.17, 15) is 18.4 Å². The van der Waals surface area contributed by atoms with Crippen molar-refractivity contribution < 1.29 is 23.1 Å². The average molecular weight is 369 g/mol. The Bertz CT molecular complexity index is 779. The summed E-state index contributed by atoms with van der Waals surface area (Å²) >= 11 is 5.89. The Morgan fingerprint density at radius 3 is 2.44 bits per heavy atom. The van der Waals surface area contributed by atoms with Crippen LogP contribution >= 0.6 is 11.6 Å². The summed E-state index contributed by atoms with van der Waals surface area (Å²) in [5.74, 6) is -3.53. The maximum Gasteiger partial charge on any atom is 0.261 e. The van der Waals surface area contributed by atoms with E-state index in [1.807, 2.05) is 0 Å². The minimum atomic E-state index is -1.02. The topological polar surface area (TPSA) is 67.4 Å². The third-order valence-corrected chi connectivity index (χ3v) is 3.49. The van der Waals surface area contributed by atoms with Crippen LogP contribution in [0.25, 0.3) is 0 Å². The van der Waals surface area contributed by atoms with E-state index in [4.69, 9.17) is 16.3 Å². The van der Waals surface area contributed by atoms with Crippen molar-refractivity contribution in [3.63, 3.8) is 0 Å². The van der Waals surface area contributed by atoms with Crippen molar-refractivity contribution in [2.75, 3.05) is 25.6 Å². The zero-order valence-electron chi connectivity index (χ0n) is 13.2. The molecule has 2 aromatic rings. The fraction of sp³-hybridized carbons (Fsp3) is 0.176. The lowest BCUT2D eigenvalue weighted by atomic mass is 10.1. The summed E-state index contributed by atoms with van der Waals surface area (Å²) < 4.78 is 32.3. The summed E-state index contributed by atoms with van der Waals surface area (Å²) in [6.45, 7) is 0.564. The fourth-order valence-corrected chi connectivity index (χ4v) is 2.25. The Hall–Kier alpha value is -2.51. The Morgan fingerprint density at radius 1 is 1.12 bits per heavy atom. The van der Waals surface area contributed by atoms with Gasteiger partial charge in [0.1, 0.15) is 17.2 Å². The molecule has 25 heavy (non-hydrogen) atoms. The van der Waals surface area contributed by atoms with Gasteiger partial charge in [-0.05, 0) is 30.3 Å². The molecule has 0 fully saturated rings. The number of methoxy groups -OCH3 is 1. The Kier molecular flexibility index (Phi) is 6.44. The number of amides is 2. The first-order valence-electron chi connectivity index (χ1n) is 7.26. The smallest absolute Gasteiger partial charge is 0.261 e. The minimum absolute atomic E-state index is 0.0371. The Balaban J connectivity index is 2.28. The van der Waals surface area contributed by atoms with E-state index < -0.39 is 29.0 Å². The molecule has 2 amide bonds. The largest absolute Gasteiger partial charge is 0.383 e. The second-order valence-corrected chi connectivity index (χ2v) is 5.43. The van der Waals surface area contributed by atoms with Crippen molar-refractivity contribution in [1.29, 1.82) is 0 Å². The van der Waals surface area contributed by atoms with Gasteiger partial charge in [-0.25, -0.2) is 8.78 Å². The highest BCUT2D eigenvalue weighted by atomic mass is 35.5. The summed E-state index contributed by atoms with van der Waals surface area (Å²) in [7, 11) is 1.49. The molecule has 2 N–H and O–H groups in total. The van der Waals surface area contributed by atoms with E-state index in [2.05, 4.69) is 10.6 Å². The number of anilines is 1. The molecular weight excluding hydrogens is 354 g/mol. The van der Waals surface area contributed by atoms with Crippen LogP contribution in [-0.2, 0) is 4.74 Å². The van der Waals surface area contributed by atoms with Crippen LogP contribution in [-0.4, -0.2) is 32.1 Å². The molecule has 0 radical (unpaired) electrons. The second-order valence-electron chi connectivity index (χ2n) is 4.99. The van der Waals surface area contributed by atoms with Gasteiger partial charge in [0.2, 0.25) is 0 Å². The van der Waals surface area contributed by atoms with Gasteiger partial charge in [-0.15, -0.1) is 0 Å². The van der Waals surface area contributed by atoms with Gasteiger partial charge in [0.25, 0.3) is 11.8 Å². The summed E-state index contributed by atoms with van der Waals surface area (Å²) in [6, 6.07) is 7.27. The Morgan fingerprint density at radius 2 is 1.80 bits per heavy atom. The molecule has 0 atom stereocenters. The number of nitrogens with one attached hydrogen (secondary N) is 2. The van der Waals surface area contributed by atoms with Crippen LogP contribution in [0.1, 0.15) is 20.7 Å². The number of carbonyl (C=O) groups excluding carboxylic acids is 2. The molecular formula is C17H15ClF2N2O3. The number of rotatable bonds is 6. The van der Waals surface area contributed by atoms with E-state index >= 15 is 0 Å². The summed E-state index contributed by atoms with van der Waals surface area (Å²) in [5.41, 5.74) is -0.603. The standard InChI is InChI=1S/C17H15ClF2N2O3/c1-25-8-7-21-16(23)11-6-5-10(18)9-14(11)22-17(24)15-12(19)3-2-4-13(15)20/h2-6,9H,7-8H2,1H3,(H,21,23)(H,22,24). The quantitative estimate of drug-likeness (QED) is 0.769. The molecule has 0 heterocycles. The van der Waals surface area contributed by atoms with Crippen molar-refractivity contribution in [3.05, 3.63) is 64.2 Å². The van der Waals surface area contributed by atoms with Crippen molar-refractivity contribution in [2.24, 2.45) is 0 Å². The zero-order valence-corrected chi connectivity index (χ0v) is 14.0. The van der Waals surface area contributed by atoms with Crippen LogP contribution in [0.3, 0.4) is 0 Å². The highest BCUT2D eigenvalue weighted by Crippen LogP contribution is 2.23. The van der Waals surface area contributed by atoms with Gasteiger partial charge in [0, 0.05) is 18.7 Å². The van der Waals surface area contributed by atoms with E-state index in [0.717, 1.165) is 18.2 Å². The predicted molar refractivity (Wildman–Crippen MR) is 90.0 cm³/mol. The first-order chi connectivity index (χ1) is 11.9. The summed E-state index contributed by atoms with van der Waals surface area (Å²) in [4.78, 5) is 24.4. The highest BCUT2D eigenvalue weighted by molar-refractivity contribution is 6.31. The van der Waals surface area contributed by atoms with E-state index in [-0.39, 0.29) is 22.8 Å². The molecule has 0 unspecified atom stereocenters. The molecule has 2 aromatic carbocycles. The first-order valence-corrected chi connectivity index (χ1v) is 7.64. The number of carbonyl (C=O) groups is 2. The molecule has 0 saturated carbocycles. The monoisotopic (exact) mass is 368 g/mol. The molecule has 132 valence electrons. The molecule has 0 aliphatic rings. The van der Waals surface area contributed by atoms with Gasteiger partial charge >= 0.3 is 0 Å². The van der Waals surface area contributed by atoms with E-state index in [1.165, 1.54) is 25.3 Å². The van der Waals surface area contributed by atoms with Crippen LogP contribution in [0.2, 0.25) is 5.02 Å². The maximum atomic E-state index is 13.7. The summed E-state index contributed by atoms with van der Waals surface area (Å²) in [5, 5.41) is 5.16. The predicted octanol–water partition coefficient (Wildman–Crippen LogP) is 3.25. The van der Waals surface area contributed by atoms with Gasteiger partial charge in [-0.1, -0.05) is 17.7 Å². The third kappa shape index (κ3) is 4.74. The van der Waals surface area contributed by atoms with Gasteiger partial charge in [0.05, 0.1) is 17.9 Å². The average Bonchev–Trinajstić information content (AvgIpc) is 2.55. The molecule has 0 saturated heterocycles. The minimum Gasteiger partial charge on any atom is -0.383 e.